The first kappa shape index (κ1) is 14.5. The minimum absolute atomic E-state index is 0.221. The Bertz CT molecular complexity index is 258. The molecule has 0 saturated carbocycles. The molecule has 100 valence electrons. The Morgan fingerprint density at radius 2 is 2.12 bits per heavy atom. The zero-order valence-electron chi connectivity index (χ0n) is 11.5. The molecule has 4 heteroatoms. The molecule has 1 fully saturated rings. The minimum atomic E-state index is -0.345. The molecule has 0 aliphatic carbocycles. The summed E-state index contributed by atoms with van der Waals surface area (Å²) in [5.74, 6) is 0.567. The lowest BCUT2D eigenvalue weighted by molar-refractivity contribution is -0.142. The number of hydrogen-bond acceptors (Lipinski definition) is 3. The fourth-order valence-electron chi connectivity index (χ4n) is 2.50. The molecule has 1 heterocycles. The van der Waals surface area contributed by atoms with E-state index in [1.807, 2.05) is 7.05 Å². The summed E-state index contributed by atoms with van der Waals surface area (Å²) in [6, 6.07) is 0. The van der Waals surface area contributed by atoms with Crippen molar-refractivity contribution in [2.45, 2.75) is 39.7 Å². The van der Waals surface area contributed by atoms with Gasteiger partial charge >= 0.3 is 0 Å². The number of carbonyl (C=O) groups excluding carboxylic acids is 1. The van der Waals surface area contributed by atoms with E-state index in [-0.39, 0.29) is 17.4 Å². The van der Waals surface area contributed by atoms with Gasteiger partial charge in [-0.2, -0.15) is 0 Å². The summed E-state index contributed by atoms with van der Waals surface area (Å²) in [6.07, 6.45) is 1.22. The van der Waals surface area contributed by atoms with Crippen molar-refractivity contribution in [2.24, 2.45) is 11.3 Å². The van der Waals surface area contributed by atoms with Crippen LogP contribution in [-0.2, 0) is 4.79 Å². The summed E-state index contributed by atoms with van der Waals surface area (Å²) in [7, 11) is 1.84. The van der Waals surface area contributed by atoms with Gasteiger partial charge in [0.25, 0.3) is 0 Å². The number of amides is 1. The highest BCUT2D eigenvalue weighted by molar-refractivity contribution is 5.83. The van der Waals surface area contributed by atoms with E-state index >= 15 is 0 Å². The van der Waals surface area contributed by atoms with E-state index in [4.69, 9.17) is 0 Å². The molecule has 2 N–H and O–H groups in total. The van der Waals surface area contributed by atoms with Crippen LogP contribution in [0.15, 0.2) is 0 Å². The van der Waals surface area contributed by atoms with Gasteiger partial charge in [-0.15, -0.1) is 0 Å². The molecule has 1 amide bonds. The Labute approximate surface area is 104 Å². The zero-order chi connectivity index (χ0) is 13.1. The second-order valence-corrected chi connectivity index (χ2v) is 5.60. The number of hydrogen-bond donors (Lipinski definition) is 2. The maximum Gasteiger partial charge on any atom is 0.230 e. The van der Waals surface area contributed by atoms with Crippen LogP contribution in [0.4, 0.5) is 0 Å². The third kappa shape index (κ3) is 3.19. The summed E-state index contributed by atoms with van der Waals surface area (Å²) in [6.45, 7) is 8.33. The van der Waals surface area contributed by atoms with Gasteiger partial charge in [0.05, 0.1) is 11.5 Å². The van der Waals surface area contributed by atoms with Crippen LogP contribution >= 0.6 is 0 Å². The molecule has 0 aromatic rings. The molecule has 2 unspecified atom stereocenters. The smallest absolute Gasteiger partial charge is 0.230 e. The second-order valence-electron chi connectivity index (χ2n) is 5.60. The number of aliphatic hydroxyl groups is 1. The van der Waals surface area contributed by atoms with Crippen molar-refractivity contribution < 1.29 is 9.90 Å². The molecule has 0 bridgehead atoms. The molecule has 1 aliphatic rings. The minimum Gasteiger partial charge on any atom is -0.393 e. The number of nitrogens with one attached hydrogen (secondary N) is 1. The molecular weight excluding hydrogens is 216 g/mol. The molecule has 0 aromatic heterocycles. The Balaban J connectivity index is 2.65. The van der Waals surface area contributed by atoms with E-state index in [1.165, 1.54) is 0 Å². The first-order valence-corrected chi connectivity index (χ1v) is 6.54. The SMILES string of the molecule is CC(O)CCN(C)C(=O)C1(C(C)C)CCNC1. The van der Waals surface area contributed by atoms with Crippen molar-refractivity contribution in [2.75, 3.05) is 26.7 Å². The summed E-state index contributed by atoms with van der Waals surface area (Å²) in [5, 5.41) is 12.6. The van der Waals surface area contributed by atoms with Crippen molar-refractivity contribution in [3.8, 4) is 0 Å². The largest absolute Gasteiger partial charge is 0.393 e. The van der Waals surface area contributed by atoms with Gasteiger partial charge in [0.1, 0.15) is 0 Å². The van der Waals surface area contributed by atoms with Gasteiger partial charge in [-0.3, -0.25) is 4.79 Å². The first-order valence-electron chi connectivity index (χ1n) is 6.54. The van der Waals surface area contributed by atoms with E-state index in [0.29, 0.717) is 18.9 Å². The van der Waals surface area contributed by atoms with Gasteiger partial charge in [0.2, 0.25) is 5.91 Å². The molecule has 1 rings (SSSR count). The molecule has 0 aromatic carbocycles. The Kier molecular flexibility index (Phi) is 4.95. The van der Waals surface area contributed by atoms with Crippen LogP contribution in [0.1, 0.15) is 33.6 Å². The molecule has 2 atom stereocenters. The average Bonchev–Trinajstić information content (AvgIpc) is 2.74. The standard InChI is InChI=1S/C13H26N2O2/c1-10(2)13(6-7-14-9-13)12(17)15(4)8-5-11(3)16/h10-11,14,16H,5-9H2,1-4H3. The number of rotatable bonds is 5. The highest BCUT2D eigenvalue weighted by atomic mass is 16.3. The van der Waals surface area contributed by atoms with Crippen LogP contribution in [0.25, 0.3) is 0 Å². The van der Waals surface area contributed by atoms with Gasteiger partial charge < -0.3 is 15.3 Å². The van der Waals surface area contributed by atoms with Crippen LogP contribution in [0.2, 0.25) is 0 Å². The number of carbonyl (C=O) groups is 1. The Morgan fingerprint density at radius 1 is 1.47 bits per heavy atom. The number of nitrogens with zero attached hydrogens (tertiary/aromatic N) is 1. The predicted octanol–water partition coefficient (Wildman–Crippen LogP) is 0.851. The van der Waals surface area contributed by atoms with Crippen molar-refractivity contribution in [1.82, 2.24) is 10.2 Å². The van der Waals surface area contributed by atoms with Crippen molar-refractivity contribution in [3.05, 3.63) is 0 Å². The van der Waals surface area contributed by atoms with Crippen molar-refractivity contribution >= 4 is 5.91 Å². The van der Waals surface area contributed by atoms with Crippen LogP contribution in [0.3, 0.4) is 0 Å². The normalized spacial score (nSPS) is 26.2. The van der Waals surface area contributed by atoms with Crippen molar-refractivity contribution in [3.63, 3.8) is 0 Å². The van der Waals surface area contributed by atoms with Crippen LogP contribution in [-0.4, -0.2) is 48.7 Å². The molecule has 0 radical (unpaired) electrons. The number of aliphatic hydroxyl groups excluding tert-OH is 1. The van der Waals surface area contributed by atoms with Crippen LogP contribution < -0.4 is 5.32 Å². The summed E-state index contributed by atoms with van der Waals surface area (Å²) >= 11 is 0. The van der Waals surface area contributed by atoms with Crippen molar-refractivity contribution in [1.29, 1.82) is 0 Å². The molecule has 17 heavy (non-hydrogen) atoms. The van der Waals surface area contributed by atoms with E-state index < -0.39 is 0 Å². The summed E-state index contributed by atoms with van der Waals surface area (Å²) < 4.78 is 0. The monoisotopic (exact) mass is 242 g/mol. The van der Waals surface area contributed by atoms with Crippen LogP contribution in [0, 0.1) is 11.3 Å². The van der Waals surface area contributed by atoms with Gasteiger partial charge in [-0.05, 0) is 32.2 Å². The summed E-state index contributed by atoms with van der Waals surface area (Å²) in [5.41, 5.74) is -0.243. The second kappa shape index (κ2) is 5.83. The van der Waals surface area contributed by atoms with Gasteiger partial charge in [-0.25, -0.2) is 0 Å². The molecule has 4 nitrogen and oxygen atoms in total. The quantitative estimate of drug-likeness (QED) is 0.751. The van der Waals surface area contributed by atoms with E-state index in [9.17, 15) is 9.90 Å². The maximum atomic E-state index is 12.5. The molecule has 1 aliphatic heterocycles. The lowest BCUT2D eigenvalue weighted by atomic mass is 9.75. The van der Waals surface area contributed by atoms with Gasteiger partial charge in [0, 0.05) is 20.1 Å². The molecular formula is C13H26N2O2. The highest BCUT2D eigenvalue weighted by Gasteiger charge is 2.45. The third-order valence-corrected chi connectivity index (χ3v) is 3.95. The fourth-order valence-corrected chi connectivity index (χ4v) is 2.50. The van der Waals surface area contributed by atoms with E-state index in [2.05, 4.69) is 19.2 Å². The maximum absolute atomic E-state index is 12.5. The van der Waals surface area contributed by atoms with Gasteiger partial charge in [0.15, 0.2) is 0 Å². The molecule has 1 saturated heterocycles. The zero-order valence-corrected chi connectivity index (χ0v) is 11.5. The Morgan fingerprint density at radius 3 is 2.53 bits per heavy atom. The van der Waals surface area contributed by atoms with Gasteiger partial charge in [-0.1, -0.05) is 13.8 Å². The topological polar surface area (TPSA) is 52.6 Å². The Hall–Kier alpha value is -0.610. The van der Waals surface area contributed by atoms with E-state index in [1.54, 1.807) is 11.8 Å². The average molecular weight is 242 g/mol. The predicted molar refractivity (Wildman–Crippen MR) is 68.7 cm³/mol. The summed E-state index contributed by atoms with van der Waals surface area (Å²) in [4.78, 5) is 14.3. The van der Waals surface area contributed by atoms with E-state index in [0.717, 1.165) is 19.5 Å². The lowest BCUT2D eigenvalue weighted by Gasteiger charge is -2.35. The third-order valence-electron chi connectivity index (χ3n) is 3.95. The molecule has 0 spiro atoms. The van der Waals surface area contributed by atoms with Crippen LogP contribution in [0.5, 0.6) is 0 Å². The first-order chi connectivity index (χ1) is 7.90. The highest BCUT2D eigenvalue weighted by Crippen LogP contribution is 2.35. The fraction of sp³-hybridized carbons (Fsp3) is 0.923. The lowest BCUT2D eigenvalue weighted by Crippen LogP contribution is -2.47.